The van der Waals surface area contributed by atoms with Gasteiger partial charge in [-0.15, -0.1) is 0 Å². The SMILES string of the molecule is COc1c(Cl)cc(Cl)cc1C=Nc1ccc(C(C)=O)cc1. The van der Waals surface area contributed by atoms with E-state index in [1.807, 2.05) is 0 Å². The summed E-state index contributed by atoms with van der Waals surface area (Å²) < 4.78 is 5.24. The normalized spacial score (nSPS) is 10.9. The molecule has 0 bridgehead atoms. The van der Waals surface area contributed by atoms with E-state index < -0.39 is 0 Å². The Labute approximate surface area is 133 Å². The minimum Gasteiger partial charge on any atom is -0.495 e. The highest BCUT2D eigenvalue weighted by Crippen LogP contribution is 2.31. The minimum atomic E-state index is 0.0221. The Hall–Kier alpha value is -1.84. The first-order chi connectivity index (χ1) is 10.0. The second-order valence-electron chi connectivity index (χ2n) is 4.37. The zero-order chi connectivity index (χ0) is 15.4. The number of nitrogens with zero attached hydrogens (tertiary/aromatic N) is 1. The molecule has 108 valence electrons. The van der Waals surface area contributed by atoms with Crippen molar-refractivity contribution in [1.82, 2.24) is 0 Å². The van der Waals surface area contributed by atoms with E-state index in [1.54, 1.807) is 42.6 Å². The lowest BCUT2D eigenvalue weighted by molar-refractivity contribution is 0.101. The van der Waals surface area contributed by atoms with E-state index in [1.165, 1.54) is 14.0 Å². The largest absolute Gasteiger partial charge is 0.495 e. The zero-order valence-electron chi connectivity index (χ0n) is 11.6. The number of Topliss-reactive ketones (excluding diaryl/α,β-unsaturated/α-hetero) is 1. The van der Waals surface area contributed by atoms with Crippen LogP contribution in [-0.4, -0.2) is 19.1 Å². The lowest BCUT2D eigenvalue weighted by Gasteiger charge is -2.07. The highest BCUT2D eigenvalue weighted by molar-refractivity contribution is 6.36. The van der Waals surface area contributed by atoms with Gasteiger partial charge in [0.15, 0.2) is 5.78 Å². The number of carbonyl (C=O) groups excluding carboxylic acids is 1. The summed E-state index contributed by atoms with van der Waals surface area (Å²) in [6.45, 7) is 1.52. The number of hydrogen-bond donors (Lipinski definition) is 0. The fraction of sp³-hybridized carbons (Fsp3) is 0.125. The van der Waals surface area contributed by atoms with Crippen molar-refractivity contribution in [2.45, 2.75) is 6.92 Å². The maximum atomic E-state index is 11.2. The molecule has 0 radical (unpaired) electrons. The van der Waals surface area contributed by atoms with Crippen molar-refractivity contribution < 1.29 is 9.53 Å². The van der Waals surface area contributed by atoms with Crippen molar-refractivity contribution >= 4 is 40.9 Å². The molecule has 0 fully saturated rings. The Morgan fingerprint density at radius 3 is 2.43 bits per heavy atom. The molecule has 2 aromatic carbocycles. The number of hydrogen-bond acceptors (Lipinski definition) is 3. The van der Waals surface area contributed by atoms with Gasteiger partial charge in [-0.25, -0.2) is 0 Å². The van der Waals surface area contributed by atoms with E-state index in [2.05, 4.69) is 4.99 Å². The van der Waals surface area contributed by atoms with Crippen LogP contribution >= 0.6 is 23.2 Å². The first kappa shape index (κ1) is 15.5. The highest BCUT2D eigenvalue weighted by atomic mass is 35.5. The molecule has 0 amide bonds. The summed E-state index contributed by atoms with van der Waals surface area (Å²) >= 11 is 12.0. The first-order valence-electron chi connectivity index (χ1n) is 6.19. The molecule has 0 N–H and O–H groups in total. The Bertz CT molecular complexity index is 694. The van der Waals surface area contributed by atoms with Gasteiger partial charge in [0.1, 0.15) is 5.75 Å². The third kappa shape index (κ3) is 3.84. The molecule has 0 aliphatic carbocycles. The van der Waals surface area contributed by atoms with E-state index in [4.69, 9.17) is 27.9 Å². The van der Waals surface area contributed by atoms with Crippen LogP contribution < -0.4 is 4.74 Å². The molecule has 0 atom stereocenters. The molecule has 0 heterocycles. The van der Waals surface area contributed by atoms with Gasteiger partial charge < -0.3 is 4.74 Å². The van der Waals surface area contributed by atoms with E-state index >= 15 is 0 Å². The average molecular weight is 322 g/mol. The molecule has 21 heavy (non-hydrogen) atoms. The Balaban J connectivity index is 2.31. The molecule has 0 aliphatic rings. The smallest absolute Gasteiger partial charge is 0.159 e. The van der Waals surface area contributed by atoms with Crippen molar-refractivity contribution in [2.24, 2.45) is 4.99 Å². The topological polar surface area (TPSA) is 38.7 Å². The highest BCUT2D eigenvalue weighted by Gasteiger charge is 2.08. The number of rotatable bonds is 4. The summed E-state index contributed by atoms with van der Waals surface area (Å²) in [7, 11) is 1.54. The third-order valence-electron chi connectivity index (χ3n) is 2.87. The van der Waals surface area contributed by atoms with Gasteiger partial charge in [0, 0.05) is 22.4 Å². The van der Waals surface area contributed by atoms with Crippen molar-refractivity contribution in [2.75, 3.05) is 7.11 Å². The molecule has 0 spiro atoms. The maximum absolute atomic E-state index is 11.2. The molecule has 2 rings (SSSR count). The molecule has 0 saturated carbocycles. The summed E-state index contributed by atoms with van der Waals surface area (Å²) in [5.41, 5.74) is 2.06. The number of halogens is 2. The summed E-state index contributed by atoms with van der Waals surface area (Å²) in [5, 5.41) is 0.938. The van der Waals surface area contributed by atoms with Crippen molar-refractivity contribution in [3.05, 3.63) is 57.6 Å². The van der Waals surface area contributed by atoms with Gasteiger partial charge >= 0.3 is 0 Å². The molecule has 3 nitrogen and oxygen atoms in total. The van der Waals surface area contributed by atoms with Crippen LogP contribution in [0.4, 0.5) is 5.69 Å². The lowest BCUT2D eigenvalue weighted by atomic mass is 10.1. The summed E-state index contributed by atoms with van der Waals surface area (Å²) in [4.78, 5) is 15.5. The predicted molar refractivity (Wildman–Crippen MR) is 86.7 cm³/mol. The number of benzene rings is 2. The Morgan fingerprint density at radius 2 is 1.86 bits per heavy atom. The van der Waals surface area contributed by atoms with Crippen LogP contribution in [0, 0.1) is 0 Å². The van der Waals surface area contributed by atoms with Crippen LogP contribution in [0.3, 0.4) is 0 Å². The molecule has 0 unspecified atom stereocenters. The van der Waals surface area contributed by atoms with Crippen LogP contribution in [-0.2, 0) is 0 Å². The van der Waals surface area contributed by atoms with E-state index in [-0.39, 0.29) is 5.78 Å². The van der Waals surface area contributed by atoms with Crippen LogP contribution in [0.1, 0.15) is 22.8 Å². The van der Waals surface area contributed by atoms with Gasteiger partial charge in [0.05, 0.1) is 17.8 Å². The molecule has 2 aromatic rings. The minimum absolute atomic E-state index is 0.0221. The number of ether oxygens (including phenoxy) is 1. The van der Waals surface area contributed by atoms with Crippen LogP contribution in [0.15, 0.2) is 41.4 Å². The van der Waals surface area contributed by atoms with Crippen molar-refractivity contribution in [3.63, 3.8) is 0 Å². The van der Waals surface area contributed by atoms with Crippen LogP contribution in [0.5, 0.6) is 5.75 Å². The van der Waals surface area contributed by atoms with Crippen molar-refractivity contribution in [1.29, 1.82) is 0 Å². The van der Waals surface area contributed by atoms with Crippen LogP contribution in [0.25, 0.3) is 0 Å². The lowest BCUT2D eigenvalue weighted by Crippen LogP contribution is -1.92. The van der Waals surface area contributed by atoms with Gasteiger partial charge in [-0.05, 0) is 43.3 Å². The molecule has 0 aliphatic heterocycles. The van der Waals surface area contributed by atoms with Gasteiger partial charge in [-0.3, -0.25) is 9.79 Å². The molecule has 0 saturated heterocycles. The third-order valence-corrected chi connectivity index (χ3v) is 3.37. The monoisotopic (exact) mass is 321 g/mol. The van der Waals surface area contributed by atoms with E-state index in [0.29, 0.717) is 26.9 Å². The average Bonchev–Trinajstić information content (AvgIpc) is 2.45. The first-order valence-corrected chi connectivity index (χ1v) is 6.95. The Kier molecular flexibility index (Phi) is 4.99. The fourth-order valence-corrected chi connectivity index (χ4v) is 2.40. The van der Waals surface area contributed by atoms with Gasteiger partial charge in [-0.2, -0.15) is 0 Å². The number of methoxy groups -OCH3 is 1. The quantitative estimate of drug-likeness (QED) is 0.590. The molecule has 5 heteroatoms. The van der Waals surface area contributed by atoms with E-state index in [9.17, 15) is 4.79 Å². The van der Waals surface area contributed by atoms with Gasteiger partial charge in [0.25, 0.3) is 0 Å². The number of ketones is 1. The van der Waals surface area contributed by atoms with E-state index in [0.717, 1.165) is 5.69 Å². The van der Waals surface area contributed by atoms with Gasteiger partial charge in [0.2, 0.25) is 0 Å². The zero-order valence-corrected chi connectivity index (χ0v) is 13.1. The number of aliphatic imine (C=N–C) groups is 1. The maximum Gasteiger partial charge on any atom is 0.159 e. The fourth-order valence-electron chi connectivity index (χ4n) is 1.82. The molecular weight excluding hydrogens is 309 g/mol. The Morgan fingerprint density at radius 1 is 1.19 bits per heavy atom. The summed E-state index contributed by atoms with van der Waals surface area (Å²) in [5.74, 6) is 0.541. The number of carbonyl (C=O) groups is 1. The second kappa shape index (κ2) is 6.74. The molecule has 0 aromatic heterocycles. The predicted octanol–water partition coefficient (Wildman–Crippen LogP) is 4.96. The standard InChI is InChI=1S/C16H13Cl2NO2/c1-10(20)11-3-5-14(6-4-11)19-9-12-7-13(17)8-15(18)16(12)21-2/h3-9H,1-2H3. The van der Waals surface area contributed by atoms with Gasteiger partial charge in [-0.1, -0.05) is 23.2 Å². The summed E-state index contributed by atoms with van der Waals surface area (Å²) in [6, 6.07) is 10.3. The molecular formula is C16H13Cl2NO2. The van der Waals surface area contributed by atoms with Crippen molar-refractivity contribution in [3.8, 4) is 5.75 Å². The summed E-state index contributed by atoms with van der Waals surface area (Å²) in [6.07, 6.45) is 1.62. The second-order valence-corrected chi connectivity index (χ2v) is 5.21. The van der Waals surface area contributed by atoms with Crippen LogP contribution in [0.2, 0.25) is 10.0 Å².